The first-order chi connectivity index (χ1) is 63.9. The molecule has 3 aliphatic carbocycles. The lowest BCUT2D eigenvalue weighted by molar-refractivity contribution is -0.112. The van der Waals surface area contributed by atoms with Crippen LogP contribution < -0.4 is 14.7 Å². The number of ketones is 3. The van der Waals surface area contributed by atoms with Gasteiger partial charge in [0.15, 0.2) is 17.3 Å². The Bertz CT molecular complexity index is 7770. The molecule has 0 radical (unpaired) electrons. The number of hydrogen-bond donors (Lipinski definition) is 0. The molecule has 0 bridgehead atoms. The Morgan fingerprint density at radius 2 is 0.561 bits per heavy atom. The summed E-state index contributed by atoms with van der Waals surface area (Å²) in [5, 5.41) is 13.0. The van der Waals surface area contributed by atoms with Crippen molar-refractivity contribution in [1.82, 2.24) is 0 Å². The monoisotopic (exact) mass is 1720 g/mol. The van der Waals surface area contributed by atoms with Crippen LogP contribution in [0.2, 0.25) is 0 Å². The summed E-state index contributed by atoms with van der Waals surface area (Å²) in [6.07, 6.45) is 0. The van der Waals surface area contributed by atoms with Gasteiger partial charge >= 0.3 is 0 Å². The number of carbonyl (C=O) groups is 3. The van der Waals surface area contributed by atoms with Crippen molar-refractivity contribution in [3.8, 4) is 33.4 Å². The number of Topliss-reactive ketones (excluding diaryl/α,β-unsaturated/α-hetero) is 3. The standard InChI is InChI=1S/C45H37NO2.C41H35NO2.C37H33NO2/c1-28(47)44(29(2)48-5)40-26-38-34-19-11-12-21-37(34)43(27-39(38)32-17-9-10-18-33(32)40)46(30-15-7-6-8-16-30)31-23-24-36-35-20-13-14-22-41(35)45(3,4)42(36)25-31;1-26(43)38(27(2)44-5)39-32-18-9-11-20-34(32)40(35-21-12-10-19-33(35)39)42(28-15-7-6-8-16-28)29-23-24-31-30-17-13-14-22-36(30)41(3,4)37(31)25-29;1-24(39)36(25(2)40-5)27-16-15-26-17-18-30(22-28(26)21-27)38(29-11-7-6-8-12-29)31-19-20-33-32-13-9-10-14-34(32)37(3,4)35(33)23-31/h6-27H,1-5H3;6-25H,1-5H3;6-23H,1-5H3/b44-29+;38-27+;36-25+. The first kappa shape index (κ1) is 86.0. The molecule has 0 atom stereocenters. The number of hydrogen-bond acceptors (Lipinski definition) is 9. The van der Waals surface area contributed by atoms with Crippen LogP contribution in [0.3, 0.4) is 0 Å². The van der Waals surface area contributed by atoms with Gasteiger partial charge in [-0.2, -0.15) is 0 Å². The average molecular weight is 1720 g/mol. The largest absolute Gasteiger partial charge is 0.501 e. The fraction of sp³-hybridized carbons (Fsp3) is 0.146. The predicted molar refractivity (Wildman–Crippen MR) is 552 cm³/mol. The van der Waals surface area contributed by atoms with Crippen LogP contribution in [0.25, 0.3) is 115 Å². The van der Waals surface area contributed by atoms with Gasteiger partial charge in [-0.05, 0) is 271 Å². The lowest BCUT2D eigenvalue weighted by atomic mass is 9.82. The Morgan fingerprint density at radius 1 is 0.235 bits per heavy atom. The van der Waals surface area contributed by atoms with Crippen molar-refractivity contribution in [3.63, 3.8) is 0 Å². The van der Waals surface area contributed by atoms with E-state index in [1.165, 1.54) is 66.8 Å². The molecule has 18 aromatic rings. The second-order valence-electron chi connectivity index (χ2n) is 36.4. The van der Waals surface area contributed by atoms with Gasteiger partial charge in [0.2, 0.25) is 0 Å². The molecule has 0 fully saturated rings. The molecule has 3 aliphatic rings. The number of carbonyl (C=O) groups excluding carboxylic acids is 3. The summed E-state index contributed by atoms with van der Waals surface area (Å²) in [7, 11) is 4.85. The van der Waals surface area contributed by atoms with Crippen LogP contribution in [0.4, 0.5) is 51.2 Å². The fourth-order valence-corrected chi connectivity index (χ4v) is 21.2. The highest BCUT2D eigenvalue weighted by molar-refractivity contribution is 6.32. The number of allylic oxidation sites excluding steroid dienone is 6. The van der Waals surface area contributed by atoms with E-state index in [1.807, 2.05) is 51.1 Å². The molecule has 9 heteroatoms. The topological polar surface area (TPSA) is 88.6 Å². The summed E-state index contributed by atoms with van der Waals surface area (Å²) in [6.45, 7) is 24.3. The van der Waals surface area contributed by atoms with E-state index >= 15 is 0 Å². The summed E-state index contributed by atoms with van der Waals surface area (Å²) >= 11 is 0. The number of para-hydroxylation sites is 3. The van der Waals surface area contributed by atoms with Crippen molar-refractivity contribution in [2.24, 2.45) is 0 Å². The van der Waals surface area contributed by atoms with Gasteiger partial charge in [-0.3, -0.25) is 14.4 Å². The Morgan fingerprint density at radius 3 is 1.02 bits per heavy atom. The highest BCUT2D eigenvalue weighted by Gasteiger charge is 2.40. The minimum atomic E-state index is -0.128. The van der Waals surface area contributed by atoms with E-state index in [2.05, 4.69) is 390 Å². The van der Waals surface area contributed by atoms with Gasteiger partial charge in [-0.15, -0.1) is 0 Å². The number of fused-ring (bicyclic) bond motifs is 17. The zero-order valence-electron chi connectivity index (χ0n) is 77.4. The Hall–Kier alpha value is -15.5. The molecule has 132 heavy (non-hydrogen) atoms. The van der Waals surface area contributed by atoms with Crippen LogP contribution >= 0.6 is 0 Å². The first-order valence-corrected chi connectivity index (χ1v) is 45.3. The summed E-state index contributed by atoms with van der Waals surface area (Å²) in [4.78, 5) is 45.9. The van der Waals surface area contributed by atoms with Crippen LogP contribution in [-0.4, -0.2) is 38.7 Å². The van der Waals surface area contributed by atoms with Gasteiger partial charge in [-0.1, -0.05) is 302 Å². The molecule has 0 saturated heterocycles. The molecule has 0 unspecified atom stereocenters. The third kappa shape index (κ3) is 14.7. The molecule has 0 aliphatic heterocycles. The average Bonchev–Trinajstić information content (AvgIpc) is 0.789. The number of nitrogens with zero attached hydrogens (tertiary/aromatic N) is 3. The van der Waals surface area contributed by atoms with E-state index in [0.717, 1.165) is 133 Å². The smallest absolute Gasteiger partial charge is 0.163 e. The number of ether oxygens (including phenoxy) is 3. The second kappa shape index (κ2) is 34.5. The number of rotatable bonds is 18. The van der Waals surface area contributed by atoms with Gasteiger partial charge < -0.3 is 28.9 Å². The van der Waals surface area contributed by atoms with E-state index < -0.39 is 0 Å². The molecule has 21 rings (SSSR count). The van der Waals surface area contributed by atoms with Crippen molar-refractivity contribution in [2.75, 3.05) is 36.0 Å². The summed E-state index contributed by atoms with van der Waals surface area (Å²) < 4.78 is 16.8. The van der Waals surface area contributed by atoms with E-state index in [-0.39, 0.29) is 33.6 Å². The molecule has 0 saturated carbocycles. The zero-order valence-corrected chi connectivity index (χ0v) is 77.4. The third-order valence-corrected chi connectivity index (χ3v) is 27.7. The molecule has 18 aromatic carbocycles. The quantitative estimate of drug-likeness (QED) is 0.0361. The van der Waals surface area contributed by atoms with E-state index in [9.17, 15) is 14.4 Å². The minimum Gasteiger partial charge on any atom is -0.501 e. The maximum atomic E-state index is 13.2. The maximum absolute atomic E-state index is 13.2. The molecule has 0 spiro atoms. The van der Waals surface area contributed by atoms with Gasteiger partial charge in [0, 0.05) is 77.8 Å². The van der Waals surface area contributed by atoms with Crippen LogP contribution in [0.1, 0.15) is 133 Å². The van der Waals surface area contributed by atoms with Crippen molar-refractivity contribution < 1.29 is 28.6 Å². The summed E-state index contributed by atoms with van der Waals surface area (Å²) in [5.74, 6) is 1.80. The fourth-order valence-electron chi connectivity index (χ4n) is 21.2. The van der Waals surface area contributed by atoms with Crippen molar-refractivity contribution in [3.05, 3.63) is 431 Å². The Labute approximate surface area is 773 Å². The van der Waals surface area contributed by atoms with Crippen molar-refractivity contribution in [2.45, 2.75) is 99.3 Å². The Balaban J connectivity index is 0.000000128. The minimum absolute atomic E-state index is 0.0116. The molecule has 0 heterocycles. The van der Waals surface area contributed by atoms with Gasteiger partial charge in [0.25, 0.3) is 0 Å². The Kier molecular flexibility index (Phi) is 22.5. The zero-order chi connectivity index (χ0) is 91.8. The lowest BCUT2D eigenvalue weighted by Crippen LogP contribution is -2.17. The highest BCUT2D eigenvalue weighted by atomic mass is 16.5. The van der Waals surface area contributed by atoms with Crippen LogP contribution in [0, 0.1) is 0 Å². The molecular formula is C123H105N3O6. The van der Waals surface area contributed by atoms with Gasteiger partial charge in [-0.25, -0.2) is 0 Å². The predicted octanol–water partition coefficient (Wildman–Crippen LogP) is 32.2. The van der Waals surface area contributed by atoms with Crippen LogP contribution in [0.15, 0.2) is 381 Å². The SMILES string of the molecule is CO/C(C)=C(\C(C)=O)c1c2ccccc2c(N(c2ccccc2)c2ccc3c(c2)C(C)(C)c2ccccc2-3)c2ccccc12.CO/C(C)=C(\C(C)=O)c1cc2c3ccccc3c(N(c3ccccc3)c3ccc4c(c3)C(C)(C)c3ccccc3-4)cc2c2ccccc12.CO/C(C)=C(\C(C)=O)c1ccc2ccc(N(c3ccccc3)c3ccc4c(c3)C(C)(C)c3ccccc3-4)cc2c1. The molecule has 0 amide bonds. The van der Waals surface area contributed by atoms with Gasteiger partial charge in [0.05, 0.1) is 49.4 Å². The van der Waals surface area contributed by atoms with Gasteiger partial charge in [0.1, 0.15) is 17.3 Å². The number of anilines is 9. The maximum Gasteiger partial charge on any atom is 0.163 e. The van der Waals surface area contributed by atoms with E-state index in [4.69, 9.17) is 14.2 Å². The highest BCUT2D eigenvalue weighted by Crippen LogP contribution is 2.57. The van der Waals surface area contributed by atoms with E-state index in [0.29, 0.717) is 34.0 Å². The molecule has 648 valence electrons. The van der Waals surface area contributed by atoms with Crippen molar-refractivity contribution in [1.29, 1.82) is 0 Å². The number of methoxy groups -OCH3 is 3. The number of benzene rings is 18. The van der Waals surface area contributed by atoms with Crippen LogP contribution in [0.5, 0.6) is 0 Å². The summed E-state index contributed by atoms with van der Waals surface area (Å²) in [5.41, 5.74) is 29.9. The molecule has 9 nitrogen and oxygen atoms in total. The second-order valence-corrected chi connectivity index (χ2v) is 36.4. The van der Waals surface area contributed by atoms with Crippen molar-refractivity contribution >= 4 is 150 Å². The lowest BCUT2D eigenvalue weighted by Gasteiger charge is -2.31. The first-order valence-electron chi connectivity index (χ1n) is 45.3. The molecule has 0 N–H and O–H groups in total. The molecular weight excluding hydrogens is 1620 g/mol. The molecule has 0 aromatic heterocycles. The normalized spacial score (nSPS) is 13.8. The third-order valence-electron chi connectivity index (χ3n) is 27.7. The van der Waals surface area contributed by atoms with E-state index in [1.54, 1.807) is 42.1 Å². The summed E-state index contributed by atoms with van der Waals surface area (Å²) in [6, 6.07) is 130. The van der Waals surface area contributed by atoms with Crippen LogP contribution in [-0.2, 0) is 44.8 Å².